The van der Waals surface area contributed by atoms with Crippen molar-refractivity contribution >= 4 is 5.78 Å². The van der Waals surface area contributed by atoms with E-state index >= 15 is 0 Å². The topological polar surface area (TPSA) is 41.8 Å². The molecule has 3 nitrogen and oxygen atoms in total. The second kappa shape index (κ2) is 3.18. The highest BCUT2D eigenvalue weighted by Crippen LogP contribution is 2.23. The van der Waals surface area contributed by atoms with E-state index < -0.39 is 5.54 Å². The van der Waals surface area contributed by atoms with Crippen molar-refractivity contribution < 1.29 is 4.79 Å². The first kappa shape index (κ1) is 8.81. The Morgan fingerprint density at radius 3 is 2.57 bits per heavy atom. The number of Topliss-reactive ketones (excluding diaryl/α,β-unsaturated/α-hetero) is 1. The average Bonchev–Trinajstić information content (AvgIpc) is 2.67. The first-order valence-corrected chi connectivity index (χ1v) is 4.42. The standard InChI is InChI=1S/C11H10N2O/c1-11(7-8-12-13-11)10(14)9-5-3-2-4-6-9/h2-8H,1H3. The van der Waals surface area contributed by atoms with E-state index in [2.05, 4.69) is 10.2 Å². The van der Waals surface area contributed by atoms with Crippen LogP contribution in [0, 0.1) is 0 Å². The molecule has 2 rings (SSSR count). The fraction of sp³-hybridized carbons (Fsp3) is 0.182. The maximum atomic E-state index is 12.0. The van der Waals surface area contributed by atoms with Gasteiger partial charge in [0.1, 0.15) is 0 Å². The van der Waals surface area contributed by atoms with Crippen molar-refractivity contribution in [2.24, 2.45) is 10.2 Å². The summed E-state index contributed by atoms with van der Waals surface area (Å²) in [5.41, 5.74) is -0.137. The molecule has 1 heterocycles. The van der Waals surface area contributed by atoms with E-state index in [1.54, 1.807) is 31.3 Å². The van der Waals surface area contributed by atoms with Gasteiger partial charge in [-0.25, -0.2) is 0 Å². The molecule has 3 heteroatoms. The van der Waals surface area contributed by atoms with Gasteiger partial charge in [-0.05, 0) is 13.0 Å². The van der Waals surface area contributed by atoms with Crippen molar-refractivity contribution in [2.45, 2.75) is 12.5 Å². The summed E-state index contributed by atoms with van der Waals surface area (Å²) in [6, 6.07) is 9.13. The Balaban J connectivity index is 2.34. The van der Waals surface area contributed by atoms with Crippen molar-refractivity contribution in [1.29, 1.82) is 0 Å². The molecular formula is C11H10N2O. The monoisotopic (exact) mass is 186 g/mol. The molecule has 0 bridgehead atoms. The highest BCUT2D eigenvalue weighted by Gasteiger charge is 2.33. The zero-order valence-electron chi connectivity index (χ0n) is 7.84. The summed E-state index contributed by atoms with van der Waals surface area (Å²) >= 11 is 0. The van der Waals surface area contributed by atoms with Gasteiger partial charge >= 0.3 is 0 Å². The van der Waals surface area contributed by atoms with Crippen LogP contribution in [0.3, 0.4) is 0 Å². The van der Waals surface area contributed by atoms with Crippen LogP contribution in [0.1, 0.15) is 17.3 Å². The van der Waals surface area contributed by atoms with Crippen LogP contribution in [0.15, 0.2) is 52.8 Å². The first-order chi connectivity index (χ1) is 6.72. The Hall–Kier alpha value is -1.77. The van der Waals surface area contributed by atoms with E-state index in [0.717, 1.165) is 0 Å². The average molecular weight is 186 g/mol. The van der Waals surface area contributed by atoms with Crippen LogP contribution in [0.4, 0.5) is 0 Å². The van der Waals surface area contributed by atoms with Gasteiger partial charge in [-0.15, -0.1) is 0 Å². The number of hydrogen-bond donors (Lipinski definition) is 0. The number of carbonyl (C=O) groups excluding carboxylic acids is 1. The Labute approximate surface area is 82.2 Å². The predicted octanol–water partition coefficient (Wildman–Crippen LogP) is 2.61. The molecule has 0 aliphatic carbocycles. The first-order valence-electron chi connectivity index (χ1n) is 4.42. The number of ketones is 1. The smallest absolute Gasteiger partial charge is 0.195 e. The van der Waals surface area contributed by atoms with Crippen LogP contribution < -0.4 is 0 Å². The van der Waals surface area contributed by atoms with Gasteiger partial charge in [-0.2, -0.15) is 10.2 Å². The minimum absolute atomic E-state index is 0.0180. The molecule has 1 unspecified atom stereocenters. The van der Waals surface area contributed by atoms with Crippen LogP contribution in [0.25, 0.3) is 0 Å². The molecule has 0 amide bonds. The summed E-state index contributed by atoms with van der Waals surface area (Å²) in [6.07, 6.45) is 3.27. The lowest BCUT2D eigenvalue weighted by Gasteiger charge is -2.14. The number of nitrogens with zero attached hydrogens (tertiary/aromatic N) is 2. The van der Waals surface area contributed by atoms with Crippen molar-refractivity contribution in [2.75, 3.05) is 0 Å². The third kappa shape index (κ3) is 1.37. The lowest BCUT2D eigenvalue weighted by molar-refractivity contribution is 0.0932. The van der Waals surface area contributed by atoms with E-state index in [-0.39, 0.29) is 5.78 Å². The number of carbonyl (C=O) groups is 1. The number of rotatable bonds is 2. The maximum absolute atomic E-state index is 12.0. The highest BCUT2D eigenvalue weighted by atomic mass is 16.1. The molecule has 1 aliphatic rings. The van der Waals surface area contributed by atoms with E-state index in [0.29, 0.717) is 5.56 Å². The fourth-order valence-corrected chi connectivity index (χ4v) is 1.37. The lowest BCUT2D eigenvalue weighted by atomic mass is 9.93. The molecule has 70 valence electrons. The Morgan fingerprint density at radius 2 is 2.00 bits per heavy atom. The summed E-state index contributed by atoms with van der Waals surface area (Å²) in [6.45, 7) is 1.76. The van der Waals surface area contributed by atoms with Gasteiger partial charge in [0.15, 0.2) is 11.3 Å². The third-order valence-electron chi connectivity index (χ3n) is 2.23. The van der Waals surface area contributed by atoms with Crippen LogP contribution in [-0.2, 0) is 0 Å². The molecular weight excluding hydrogens is 176 g/mol. The van der Waals surface area contributed by atoms with Gasteiger partial charge in [-0.3, -0.25) is 4.79 Å². The minimum Gasteiger partial charge on any atom is -0.291 e. The minimum atomic E-state index is -0.804. The van der Waals surface area contributed by atoms with Crippen LogP contribution >= 0.6 is 0 Å². The van der Waals surface area contributed by atoms with Gasteiger partial charge in [0.05, 0.1) is 0 Å². The SMILES string of the molecule is CC1(C(=O)c2ccccc2)C=CN=N1. The normalized spacial score (nSPS) is 24.1. The molecule has 1 aromatic carbocycles. The quantitative estimate of drug-likeness (QED) is 0.654. The molecule has 1 atom stereocenters. The van der Waals surface area contributed by atoms with Gasteiger partial charge in [0.25, 0.3) is 0 Å². The van der Waals surface area contributed by atoms with E-state index in [9.17, 15) is 4.79 Å². The fourth-order valence-electron chi connectivity index (χ4n) is 1.37. The lowest BCUT2D eigenvalue weighted by Crippen LogP contribution is -2.29. The Kier molecular flexibility index (Phi) is 2.00. The van der Waals surface area contributed by atoms with Crippen molar-refractivity contribution in [1.82, 2.24) is 0 Å². The van der Waals surface area contributed by atoms with Gasteiger partial charge in [-0.1, -0.05) is 30.3 Å². The predicted molar refractivity (Wildman–Crippen MR) is 53.2 cm³/mol. The van der Waals surface area contributed by atoms with E-state index in [4.69, 9.17) is 0 Å². The summed E-state index contributed by atoms with van der Waals surface area (Å²) < 4.78 is 0. The highest BCUT2D eigenvalue weighted by molar-refractivity contribution is 6.04. The van der Waals surface area contributed by atoms with Crippen molar-refractivity contribution in [3.63, 3.8) is 0 Å². The molecule has 0 aromatic heterocycles. The molecule has 0 saturated carbocycles. The van der Waals surface area contributed by atoms with Gasteiger partial charge in [0, 0.05) is 11.8 Å². The second-order valence-electron chi connectivity index (χ2n) is 3.37. The molecule has 0 spiro atoms. The third-order valence-corrected chi connectivity index (χ3v) is 2.23. The Morgan fingerprint density at radius 1 is 1.29 bits per heavy atom. The number of azo groups is 1. The van der Waals surface area contributed by atoms with Crippen molar-refractivity contribution in [3.05, 3.63) is 48.2 Å². The molecule has 14 heavy (non-hydrogen) atoms. The molecule has 0 fully saturated rings. The van der Waals surface area contributed by atoms with Gasteiger partial charge in [0.2, 0.25) is 0 Å². The Bertz CT molecular complexity index is 395. The molecule has 1 aliphatic heterocycles. The van der Waals surface area contributed by atoms with Crippen LogP contribution in [-0.4, -0.2) is 11.3 Å². The molecule has 0 N–H and O–H groups in total. The summed E-state index contributed by atoms with van der Waals surface area (Å²) in [5.74, 6) is -0.0180. The van der Waals surface area contributed by atoms with E-state index in [1.165, 1.54) is 0 Å². The largest absolute Gasteiger partial charge is 0.291 e. The molecule has 0 saturated heterocycles. The van der Waals surface area contributed by atoms with E-state index in [1.807, 2.05) is 18.2 Å². The summed E-state index contributed by atoms with van der Waals surface area (Å²) in [5, 5.41) is 7.61. The maximum Gasteiger partial charge on any atom is 0.195 e. The summed E-state index contributed by atoms with van der Waals surface area (Å²) in [7, 11) is 0. The van der Waals surface area contributed by atoms with Crippen LogP contribution in [0.5, 0.6) is 0 Å². The second-order valence-corrected chi connectivity index (χ2v) is 3.37. The van der Waals surface area contributed by atoms with Gasteiger partial charge < -0.3 is 0 Å². The number of hydrogen-bond acceptors (Lipinski definition) is 3. The zero-order chi connectivity index (χ0) is 10.0. The van der Waals surface area contributed by atoms with Crippen LogP contribution in [0.2, 0.25) is 0 Å². The number of benzene rings is 1. The molecule has 1 aromatic rings. The molecule has 0 radical (unpaired) electrons. The summed E-state index contributed by atoms with van der Waals surface area (Å²) in [4.78, 5) is 12.0. The zero-order valence-corrected chi connectivity index (χ0v) is 7.84. The van der Waals surface area contributed by atoms with Crippen molar-refractivity contribution in [3.8, 4) is 0 Å².